The Morgan fingerprint density at radius 1 is 1.10 bits per heavy atom. The van der Waals surface area contributed by atoms with Crippen LogP contribution in [0.15, 0.2) is 54.6 Å². The summed E-state index contributed by atoms with van der Waals surface area (Å²) < 4.78 is 0. The number of benzene rings is 2. The lowest BCUT2D eigenvalue weighted by Gasteiger charge is -2.31. The van der Waals surface area contributed by atoms with Gasteiger partial charge in [0.05, 0.1) is 6.42 Å². The van der Waals surface area contributed by atoms with Crippen LogP contribution in [0.3, 0.4) is 0 Å². The Bertz CT molecular complexity index is 1020. The van der Waals surface area contributed by atoms with Crippen molar-refractivity contribution in [3.63, 3.8) is 0 Å². The Hall–Kier alpha value is -2.77. The number of rotatable bonds is 5. The molecular weight excluding hydrogens is 420 g/mol. The molecule has 2 heterocycles. The number of carbonyl (C=O) groups excluding carboxylic acids is 2. The minimum Gasteiger partial charge on any atom is -0.342 e. The van der Waals surface area contributed by atoms with Crippen LogP contribution in [0.5, 0.6) is 0 Å². The summed E-state index contributed by atoms with van der Waals surface area (Å²) in [6.45, 7) is 1.37. The molecule has 0 bridgehead atoms. The van der Waals surface area contributed by atoms with Crippen molar-refractivity contribution in [2.75, 3.05) is 18.4 Å². The number of likely N-dealkylation sites (tertiary alicyclic amines) is 1. The second-order valence-electron chi connectivity index (χ2n) is 7.25. The smallest absolute Gasteiger partial charge is 0.286 e. The molecule has 0 spiro atoms. The average molecular weight is 441 g/mol. The predicted molar refractivity (Wildman–Crippen MR) is 118 cm³/mol. The molecular formula is C22H21ClN4O2S. The van der Waals surface area contributed by atoms with E-state index in [0.29, 0.717) is 28.7 Å². The second kappa shape index (κ2) is 9.36. The van der Waals surface area contributed by atoms with Crippen molar-refractivity contribution in [3.8, 4) is 0 Å². The molecule has 4 rings (SSSR count). The van der Waals surface area contributed by atoms with E-state index in [9.17, 15) is 9.59 Å². The molecule has 1 aliphatic heterocycles. The fourth-order valence-corrected chi connectivity index (χ4v) is 4.49. The fraction of sp³-hybridized carbons (Fsp3) is 0.273. The van der Waals surface area contributed by atoms with Crippen molar-refractivity contribution in [2.24, 2.45) is 0 Å². The largest absolute Gasteiger partial charge is 0.342 e. The molecule has 8 heteroatoms. The van der Waals surface area contributed by atoms with Crippen LogP contribution in [-0.2, 0) is 11.2 Å². The quantitative estimate of drug-likeness (QED) is 0.638. The van der Waals surface area contributed by atoms with Crippen molar-refractivity contribution in [3.05, 3.63) is 75.2 Å². The molecule has 1 aliphatic rings. The van der Waals surface area contributed by atoms with Crippen LogP contribution < -0.4 is 5.32 Å². The van der Waals surface area contributed by atoms with Crippen molar-refractivity contribution < 1.29 is 9.59 Å². The SMILES string of the molecule is O=C(Nc1ccc(Cl)cc1)c1nnc(C2CCCN(C(=O)Cc3ccccc3)C2)s1. The molecule has 1 unspecified atom stereocenters. The van der Waals surface area contributed by atoms with Gasteiger partial charge in [0, 0.05) is 29.7 Å². The van der Waals surface area contributed by atoms with Gasteiger partial charge < -0.3 is 10.2 Å². The van der Waals surface area contributed by atoms with Gasteiger partial charge in [-0.1, -0.05) is 53.3 Å². The third-order valence-electron chi connectivity index (χ3n) is 5.06. The molecule has 0 radical (unpaired) electrons. The van der Waals surface area contributed by atoms with Gasteiger partial charge >= 0.3 is 0 Å². The summed E-state index contributed by atoms with van der Waals surface area (Å²) >= 11 is 7.16. The van der Waals surface area contributed by atoms with E-state index < -0.39 is 0 Å². The molecule has 1 saturated heterocycles. The van der Waals surface area contributed by atoms with Gasteiger partial charge in [-0.05, 0) is 42.7 Å². The molecule has 1 aromatic heterocycles. The Labute approximate surface area is 183 Å². The third kappa shape index (κ3) is 5.04. The number of amides is 2. The minimum atomic E-state index is -0.297. The number of hydrogen-bond acceptors (Lipinski definition) is 5. The maximum atomic E-state index is 12.7. The number of nitrogens with zero attached hydrogens (tertiary/aromatic N) is 3. The summed E-state index contributed by atoms with van der Waals surface area (Å²) in [5.74, 6) is -0.0712. The Morgan fingerprint density at radius 2 is 1.87 bits per heavy atom. The number of carbonyl (C=O) groups is 2. The molecule has 30 heavy (non-hydrogen) atoms. The van der Waals surface area contributed by atoms with Gasteiger partial charge in [-0.25, -0.2) is 0 Å². The standard InChI is InChI=1S/C22H21ClN4O2S/c23-17-8-10-18(11-9-17)24-20(29)22-26-25-21(30-22)16-7-4-12-27(14-16)19(28)13-15-5-2-1-3-6-15/h1-3,5-6,8-11,16H,4,7,12-14H2,(H,24,29). The molecule has 0 saturated carbocycles. The minimum absolute atomic E-state index is 0.105. The highest BCUT2D eigenvalue weighted by atomic mass is 35.5. The van der Waals surface area contributed by atoms with Crippen LogP contribution in [0.2, 0.25) is 5.02 Å². The van der Waals surface area contributed by atoms with E-state index >= 15 is 0 Å². The highest BCUT2D eigenvalue weighted by molar-refractivity contribution is 7.13. The van der Waals surface area contributed by atoms with Crippen LogP contribution in [0.1, 0.15) is 39.1 Å². The molecule has 154 valence electrons. The van der Waals surface area contributed by atoms with Gasteiger partial charge in [0.25, 0.3) is 5.91 Å². The van der Waals surface area contributed by atoms with E-state index in [2.05, 4.69) is 15.5 Å². The first kappa shape index (κ1) is 20.5. The van der Waals surface area contributed by atoms with Gasteiger partial charge in [0.2, 0.25) is 10.9 Å². The average Bonchev–Trinajstić information content (AvgIpc) is 3.27. The monoisotopic (exact) mass is 440 g/mol. The van der Waals surface area contributed by atoms with E-state index in [0.717, 1.165) is 30.0 Å². The lowest BCUT2D eigenvalue weighted by molar-refractivity contribution is -0.131. The Balaban J connectivity index is 1.38. The second-order valence-corrected chi connectivity index (χ2v) is 8.69. The number of nitrogens with one attached hydrogen (secondary N) is 1. The predicted octanol–water partition coefficient (Wildman–Crippen LogP) is 4.39. The van der Waals surface area contributed by atoms with E-state index in [1.807, 2.05) is 35.2 Å². The van der Waals surface area contributed by atoms with Gasteiger partial charge in [-0.2, -0.15) is 0 Å². The molecule has 1 fully saturated rings. The molecule has 3 aromatic rings. The van der Waals surface area contributed by atoms with E-state index in [1.165, 1.54) is 11.3 Å². The molecule has 0 aliphatic carbocycles. The summed E-state index contributed by atoms with van der Waals surface area (Å²) in [6, 6.07) is 16.7. The first-order valence-corrected chi connectivity index (χ1v) is 11.0. The maximum absolute atomic E-state index is 12.7. The van der Waals surface area contributed by atoms with Crippen LogP contribution in [0, 0.1) is 0 Å². The number of piperidine rings is 1. The van der Waals surface area contributed by atoms with Crippen LogP contribution in [0.4, 0.5) is 5.69 Å². The van der Waals surface area contributed by atoms with Crippen LogP contribution in [0.25, 0.3) is 0 Å². The Morgan fingerprint density at radius 3 is 2.63 bits per heavy atom. The lowest BCUT2D eigenvalue weighted by Crippen LogP contribution is -2.39. The number of anilines is 1. The zero-order valence-corrected chi connectivity index (χ0v) is 17.8. The zero-order chi connectivity index (χ0) is 20.9. The molecule has 2 amide bonds. The van der Waals surface area contributed by atoms with Crippen molar-refractivity contribution in [2.45, 2.75) is 25.2 Å². The Kier molecular flexibility index (Phi) is 6.40. The highest BCUT2D eigenvalue weighted by Gasteiger charge is 2.28. The highest BCUT2D eigenvalue weighted by Crippen LogP contribution is 2.29. The topological polar surface area (TPSA) is 75.2 Å². The van der Waals surface area contributed by atoms with E-state index in [4.69, 9.17) is 11.6 Å². The summed E-state index contributed by atoms with van der Waals surface area (Å²) in [7, 11) is 0. The zero-order valence-electron chi connectivity index (χ0n) is 16.3. The van der Waals surface area contributed by atoms with Gasteiger partial charge in [0.15, 0.2) is 0 Å². The number of aromatic nitrogens is 2. The summed E-state index contributed by atoms with van der Waals surface area (Å²) in [6.07, 6.45) is 2.25. The normalized spacial score (nSPS) is 16.3. The van der Waals surface area contributed by atoms with Gasteiger partial charge in [-0.15, -0.1) is 10.2 Å². The van der Waals surface area contributed by atoms with Crippen molar-refractivity contribution in [1.29, 1.82) is 0 Å². The van der Waals surface area contributed by atoms with Crippen molar-refractivity contribution >= 4 is 40.4 Å². The van der Waals surface area contributed by atoms with Crippen molar-refractivity contribution in [1.82, 2.24) is 15.1 Å². The maximum Gasteiger partial charge on any atom is 0.286 e. The van der Waals surface area contributed by atoms with Gasteiger partial charge in [-0.3, -0.25) is 9.59 Å². The summed E-state index contributed by atoms with van der Waals surface area (Å²) in [4.78, 5) is 27.1. The molecule has 6 nitrogen and oxygen atoms in total. The summed E-state index contributed by atoms with van der Waals surface area (Å²) in [5, 5.41) is 12.8. The molecule has 1 atom stereocenters. The van der Waals surface area contributed by atoms with Gasteiger partial charge in [0.1, 0.15) is 5.01 Å². The van der Waals surface area contributed by atoms with E-state index in [-0.39, 0.29) is 17.7 Å². The van der Waals surface area contributed by atoms with E-state index in [1.54, 1.807) is 24.3 Å². The first-order valence-electron chi connectivity index (χ1n) is 9.80. The first-order chi connectivity index (χ1) is 14.6. The van der Waals surface area contributed by atoms with Crippen LogP contribution in [-0.4, -0.2) is 40.0 Å². The third-order valence-corrected chi connectivity index (χ3v) is 6.39. The lowest BCUT2D eigenvalue weighted by atomic mass is 9.98. The number of hydrogen-bond donors (Lipinski definition) is 1. The van der Waals surface area contributed by atoms with Crippen LogP contribution >= 0.6 is 22.9 Å². The fourth-order valence-electron chi connectivity index (χ4n) is 3.50. The molecule has 2 aromatic carbocycles. The molecule has 1 N–H and O–H groups in total. The number of halogens is 1. The summed E-state index contributed by atoms with van der Waals surface area (Å²) in [5.41, 5.74) is 1.66.